The third kappa shape index (κ3) is 7.96. The summed E-state index contributed by atoms with van der Waals surface area (Å²) in [6, 6.07) is 1.10. The van der Waals surface area contributed by atoms with Gasteiger partial charge < -0.3 is 15.5 Å². The molecule has 0 aromatic rings. The van der Waals surface area contributed by atoms with Crippen molar-refractivity contribution in [3.8, 4) is 0 Å². The lowest BCUT2D eigenvalue weighted by Gasteiger charge is -2.35. The van der Waals surface area contributed by atoms with E-state index in [9.17, 15) is 8.42 Å². The third-order valence-electron chi connectivity index (χ3n) is 4.98. The Hall–Kier alpha value is -0.130. The lowest BCUT2D eigenvalue weighted by Crippen LogP contribution is -2.51. The van der Waals surface area contributed by atoms with E-state index in [2.05, 4.69) is 39.3 Å². The zero-order chi connectivity index (χ0) is 17.6. The summed E-state index contributed by atoms with van der Waals surface area (Å²) in [4.78, 5) is 9.02. The zero-order valence-electron chi connectivity index (χ0n) is 15.7. The molecule has 0 amide bonds. The van der Waals surface area contributed by atoms with Crippen molar-refractivity contribution in [1.82, 2.24) is 20.4 Å². The molecule has 0 radical (unpaired) electrons. The van der Waals surface area contributed by atoms with Gasteiger partial charge in [-0.3, -0.25) is 9.89 Å². The van der Waals surface area contributed by atoms with Crippen LogP contribution >= 0.6 is 24.0 Å². The SMILES string of the molecule is CN=C(NCCN1CCS(=O)(=O)CC1)NC1CCN(C(C)C)CC1.I. The Balaban J connectivity index is 0.00000312. The first kappa shape index (κ1) is 22.9. The maximum atomic E-state index is 11.4. The van der Waals surface area contributed by atoms with Crippen molar-refractivity contribution in [3.05, 3.63) is 0 Å². The lowest BCUT2D eigenvalue weighted by molar-refractivity contribution is 0.167. The predicted molar refractivity (Wildman–Crippen MR) is 115 cm³/mol. The van der Waals surface area contributed by atoms with Gasteiger partial charge in [-0.1, -0.05) is 0 Å². The van der Waals surface area contributed by atoms with Crippen molar-refractivity contribution in [1.29, 1.82) is 0 Å². The van der Waals surface area contributed by atoms with E-state index in [1.165, 1.54) is 0 Å². The van der Waals surface area contributed by atoms with Crippen LogP contribution in [-0.2, 0) is 9.84 Å². The van der Waals surface area contributed by atoms with E-state index in [1.807, 2.05) is 0 Å². The summed E-state index contributed by atoms with van der Waals surface area (Å²) in [5.74, 6) is 1.42. The number of likely N-dealkylation sites (tertiary alicyclic amines) is 1. The van der Waals surface area contributed by atoms with Crippen LogP contribution in [0.4, 0.5) is 0 Å². The van der Waals surface area contributed by atoms with Crippen molar-refractivity contribution in [3.63, 3.8) is 0 Å². The Morgan fingerprint density at radius 2 is 1.76 bits per heavy atom. The number of nitrogens with one attached hydrogen (secondary N) is 2. The highest BCUT2D eigenvalue weighted by atomic mass is 127. The first-order chi connectivity index (χ1) is 11.4. The summed E-state index contributed by atoms with van der Waals surface area (Å²) in [6.07, 6.45) is 2.28. The van der Waals surface area contributed by atoms with Crippen LogP contribution < -0.4 is 10.6 Å². The number of piperidine rings is 1. The summed E-state index contributed by atoms with van der Waals surface area (Å²) >= 11 is 0. The van der Waals surface area contributed by atoms with Crippen molar-refractivity contribution >= 4 is 39.8 Å². The van der Waals surface area contributed by atoms with Gasteiger partial charge in [0.05, 0.1) is 11.5 Å². The number of rotatable bonds is 5. The highest BCUT2D eigenvalue weighted by Gasteiger charge is 2.22. The zero-order valence-corrected chi connectivity index (χ0v) is 18.8. The minimum absolute atomic E-state index is 0. The largest absolute Gasteiger partial charge is 0.355 e. The summed E-state index contributed by atoms with van der Waals surface area (Å²) < 4.78 is 22.9. The molecule has 2 heterocycles. The summed E-state index contributed by atoms with van der Waals surface area (Å²) in [6.45, 7) is 9.68. The van der Waals surface area contributed by atoms with E-state index in [1.54, 1.807) is 7.05 Å². The Morgan fingerprint density at radius 1 is 1.16 bits per heavy atom. The molecule has 2 saturated heterocycles. The summed E-state index contributed by atoms with van der Waals surface area (Å²) in [7, 11) is -0.996. The van der Waals surface area contributed by atoms with E-state index in [4.69, 9.17) is 0 Å². The molecule has 25 heavy (non-hydrogen) atoms. The molecule has 0 spiro atoms. The molecule has 148 valence electrons. The van der Waals surface area contributed by atoms with Gasteiger partial charge in [0, 0.05) is 58.4 Å². The summed E-state index contributed by atoms with van der Waals surface area (Å²) in [5.41, 5.74) is 0. The summed E-state index contributed by atoms with van der Waals surface area (Å²) in [5, 5.41) is 6.87. The van der Waals surface area contributed by atoms with E-state index in [0.717, 1.165) is 45.0 Å². The average molecular weight is 487 g/mol. The van der Waals surface area contributed by atoms with Crippen molar-refractivity contribution in [2.24, 2.45) is 4.99 Å². The number of halogens is 1. The molecule has 2 N–H and O–H groups in total. The number of hydrogen-bond acceptors (Lipinski definition) is 5. The van der Waals surface area contributed by atoms with E-state index < -0.39 is 9.84 Å². The minimum Gasteiger partial charge on any atom is -0.355 e. The number of aliphatic imine (C=N–C) groups is 1. The molecular weight excluding hydrogens is 453 g/mol. The smallest absolute Gasteiger partial charge is 0.191 e. The molecule has 2 aliphatic heterocycles. The van der Waals surface area contributed by atoms with Gasteiger partial charge in [0.25, 0.3) is 0 Å². The van der Waals surface area contributed by atoms with Gasteiger partial charge in [-0.25, -0.2) is 8.42 Å². The van der Waals surface area contributed by atoms with Crippen molar-refractivity contribution < 1.29 is 8.42 Å². The molecule has 2 fully saturated rings. The second kappa shape index (κ2) is 10.9. The van der Waals surface area contributed by atoms with Gasteiger partial charge >= 0.3 is 0 Å². The van der Waals surface area contributed by atoms with Crippen molar-refractivity contribution in [2.75, 3.05) is 57.8 Å². The first-order valence-corrected chi connectivity index (χ1v) is 10.9. The topological polar surface area (TPSA) is 77.0 Å². The Kier molecular flexibility index (Phi) is 9.97. The molecule has 0 aliphatic carbocycles. The number of hydrogen-bond donors (Lipinski definition) is 2. The maximum absolute atomic E-state index is 11.4. The molecular formula is C16H34IN5O2S. The number of nitrogens with zero attached hydrogens (tertiary/aromatic N) is 3. The highest BCUT2D eigenvalue weighted by molar-refractivity contribution is 14.0. The molecule has 0 aromatic carbocycles. The molecule has 2 rings (SSSR count). The predicted octanol–water partition coefficient (Wildman–Crippen LogP) is 0.373. The second-order valence-electron chi connectivity index (χ2n) is 7.04. The lowest BCUT2D eigenvalue weighted by atomic mass is 10.0. The highest BCUT2D eigenvalue weighted by Crippen LogP contribution is 2.12. The van der Waals surface area contributed by atoms with Gasteiger partial charge in [0.2, 0.25) is 0 Å². The van der Waals surface area contributed by atoms with Crippen LogP contribution in [0.25, 0.3) is 0 Å². The van der Waals surface area contributed by atoms with Gasteiger partial charge in [0.15, 0.2) is 15.8 Å². The Labute approximate surface area is 169 Å². The third-order valence-corrected chi connectivity index (χ3v) is 6.59. The van der Waals surface area contributed by atoms with E-state index in [0.29, 0.717) is 25.2 Å². The van der Waals surface area contributed by atoms with Crippen LogP contribution in [0, 0.1) is 0 Å². The van der Waals surface area contributed by atoms with Crippen LogP contribution in [0.15, 0.2) is 4.99 Å². The normalized spacial score (nSPS) is 23.3. The standard InChI is InChI=1S/C16H33N5O2S.HI/c1-14(2)21-7-4-15(5-8-21)19-16(17-3)18-6-9-20-10-12-24(22,23)13-11-20;/h14-15H,4-13H2,1-3H3,(H2,17,18,19);1H. The van der Waals surface area contributed by atoms with E-state index >= 15 is 0 Å². The maximum Gasteiger partial charge on any atom is 0.191 e. The van der Waals surface area contributed by atoms with Gasteiger partial charge in [-0.15, -0.1) is 24.0 Å². The quantitative estimate of drug-likeness (QED) is 0.332. The molecule has 0 atom stereocenters. The van der Waals surface area contributed by atoms with Crippen LogP contribution in [0.2, 0.25) is 0 Å². The van der Waals surface area contributed by atoms with Gasteiger partial charge in [0.1, 0.15) is 0 Å². The second-order valence-corrected chi connectivity index (χ2v) is 9.34. The monoisotopic (exact) mass is 487 g/mol. The number of sulfone groups is 1. The Morgan fingerprint density at radius 3 is 2.28 bits per heavy atom. The fourth-order valence-electron chi connectivity index (χ4n) is 3.25. The van der Waals surface area contributed by atoms with Crippen LogP contribution in [0.5, 0.6) is 0 Å². The van der Waals surface area contributed by atoms with E-state index in [-0.39, 0.29) is 35.5 Å². The molecule has 7 nitrogen and oxygen atoms in total. The Bertz CT molecular complexity index is 505. The van der Waals surface area contributed by atoms with Crippen LogP contribution in [-0.4, -0.2) is 94.1 Å². The molecule has 0 aromatic heterocycles. The first-order valence-electron chi connectivity index (χ1n) is 9.03. The number of guanidine groups is 1. The fourth-order valence-corrected chi connectivity index (χ4v) is 4.53. The van der Waals surface area contributed by atoms with Gasteiger partial charge in [-0.2, -0.15) is 0 Å². The molecule has 9 heteroatoms. The molecule has 2 aliphatic rings. The minimum atomic E-state index is -2.79. The average Bonchev–Trinajstić information content (AvgIpc) is 2.56. The van der Waals surface area contributed by atoms with Gasteiger partial charge in [-0.05, 0) is 26.7 Å². The van der Waals surface area contributed by atoms with Crippen molar-refractivity contribution in [2.45, 2.75) is 38.8 Å². The fraction of sp³-hybridized carbons (Fsp3) is 0.938. The molecule has 0 saturated carbocycles. The van der Waals surface area contributed by atoms with Crippen LogP contribution in [0.1, 0.15) is 26.7 Å². The molecule has 0 unspecified atom stereocenters. The van der Waals surface area contributed by atoms with Crippen LogP contribution in [0.3, 0.4) is 0 Å². The molecule has 0 bridgehead atoms.